The molecule has 1 aromatic heterocycles. The van der Waals surface area contributed by atoms with Crippen LogP contribution in [-0.2, 0) is 6.42 Å². The van der Waals surface area contributed by atoms with Crippen molar-refractivity contribution in [3.05, 3.63) is 72.6 Å². The summed E-state index contributed by atoms with van der Waals surface area (Å²) in [5, 5.41) is 10.4. The average molecular weight is 491 g/mol. The third kappa shape index (κ3) is 6.49. The Kier molecular flexibility index (Phi) is 7.91. The highest BCUT2D eigenvalue weighted by Gasteiger charge is 2.30. The molecular formula is C28H35FN6O. The van der Waals surface area contributed by atoms with Crippen LogP contribution in [0, 0.1) is 17.7 Å². The molecule has 1 aliphatic heterocycles. The van der Waals surface area contributed by atoms with Crippen molar-refractivity contribution in [2.24, 2.45) is 11.8 Å². The van der Waals surface area contributed by atoms with E-state index in [4.69, 9.17) is 0 Å². The fraction of sp³-hybridized carbons (Fsp3) is 0.464. The van der Waals surface area contributed by atoms with E-state index in [1.807, 2.05) is 36.4 Å². The van der Waals surface area contributed by atoms with Gasteiger partial charge in [0.05, 0.1) is 5.69 Å². The van der Waals surface area contributed by atoms with E-state index in [2.05, 4.69) is 25.6 Å². The molecule has 0 bridgehead atoms. The van der Waals surface area contributed by atoms with Crippen molar-refractivity contribution in [1.29, 1.82) is 0 Å². The Morgan fingerprint density at radius 2 is 1.81 bits per heavy atom. The first kappa shape index (κ1) is 24.4. The van der Waals surface area contributed by atoms with Crippen LogP contribution in [0.2, 0.25) is 0 Å². The summed E-state index contributed by atoms with van der Waals surface area (Å²) in [6.07, 6.45) is 11.1. The summed E-state index contributed by atoms with van der Waals surface area (Å²) in [7, 11) is 0. The number of rotatable bonds is 7. The molecule has 2 aliphatic rings. The first-order chi connectivity index (χ1) is 17.6. The molecule has 2 heterocycles. The van der Waals surface area contributed by atoms with Crippen LogP contribution in [0.3, 0.4) is 0 Å². The molecule has 0 unspecified atom stereocenters. The van der Waals surface area contributed by atoms with Gasteiger partial charge in [0.15, 0.2) is 0 Å². The summed E-state index contributed by atoms with van der Waals surface area (Å²) >= 11 is 0. The fourth-order valence-electron chi connectivity index (χ4n) is 5.76. The molecule has 190 valence electrons. The van der Waals surface area contributed by atoms with Gasteiger partial charge in [-0.3, -0.25) is 0 Å². The second-order valence-corrected chi connectivity index (χ2v) is 10.2. The molecule has 1 saturated heterocycles. The van der Waals surface area contributed by atoms with Crippen LogP contribution < -0.4 is 10.6 Å². The topological polar surface area (TPSA) is 75.1 Å². The van der Waals surface area contributed by atoms with E-state index < -0.39 is 0 Å². The standard InChI is InChI=1S/C28H35FN6O/c29-24-9-7-21(8-10-24)16-22-4-3-15-34(17-22)18-23-5-1-2-6-27(23)33-28(36)32-25-11-13-26(14-12-25)35-20-30-19-31-35/h7-14,19-20,22-23,27H,1-6,15-18H2,(H2,32,33,36)/t22-,23-,27+/m0/s1. The van der Waals surface area contributed by atoms with Gasteiger partial charge in [-0.05, 0) is 92.4 Å². The lowest BCUT2D eigenvalue weighted by molar-refractivity contribution is 0.123. The van der Waals surface area contributed by atoms with E-state index in [1.165, 1.54) is 31.2 Å². The van der Waals surface area contributed by atoms with E-state index >= 15 is 0 Å². The number of urea groups is 1. The Morgan fingerprint density at radius 3 is 2.58 bits per heavy atom. The quantitative estimate of drug-likeness (QED) is 0.487. The molecule has 5 rings (SSSR count). The Morgan fingerprint density at radius 1 is 1.00 bits per heavy atom. The molecule has 2 aromatic carbocycles. The van der Waals surface area contributed by atoms with E-state index in [-0.39, 0.29) is 17.9 Å². The minimum absolute atomic E-state index is 0.145. The lowest BCUT2D eigenvalue weighted by Gasteiger charge is -2.39. The second-order valence-electron chi connectivity index (χ2n) is 10.2. The number of aromatic nitrogens is 3. The molecule has 36 heavy (non-hydrogen) atoms. The summed E-state index contributed by atoms with van der Waals surface area (Å²) in [5.41, 5.74) is 2.86. The lowest BCUT2D eigenvalue weighted by Crippen LogP contribution is -2.49. The summed E-state index contributed by atoms with van der Waals surface area (Å²) < 4.78 is 14.9. The van der Waals surface area contributed by atoms with Crippen LogP contribution in [0.25, 0.3) is 5.69 Å². The number of likely N-dealkylation sites (tertiary alicyclic amines) is 1. The van der Waals surface area contributed by atoms with E-state index in [0.29, 0.717) is 11.8 Å². The zero-order valence-corrected chi connectivity index (χ0v) is 20.7. The molecule has 8 heteroatoms. The summed E-state index contributed by atoms with van der Waals surface area (Å²) in [5.74, 6) is 0.888. The number of hydrogen-bond donors (Lipinski definition) is 2. The molecule has 3 aromatic rings. The number of nitrogens with zero attached hydrogens (tertiary/aromatic N) is 4. The Hall–Kier alpha value is -3.26. The smallest absolute Gasteiger partial charge is 0.319 e. The van der Waals surface area contributed by atoms with Gasteiger partial charge in [-0.15, -0.1) is 0 Å². The van der Waals surface area contributed by atoms with Gasteiger partial charge in [-0.1, -0.05) is 25.0 Å². The molecule has 7 nitrogen and oxygen atoms in total. The molecule has 2 N–H and O–H groups in total. The SMILES string of the molecule is O=C(Nc1ccc(-n2cncn2)cc1)N[C@@H]1CCCC[C@H]1CN1CCC[C@@H](Cc2ccc(F)cc2)C1. The van der Waals surface area contributed by atoms with Gasteiger partial charge in [0.1, 0.15) is 18.5 Å². The van der Waals surface area contributed by atoms with Crippen LogP contribution in [0.1, 0.15) is 44.1 Å². The second kappa shape index (κ2) is 11.6. The lowest BCUT2D eigenvalue weighted by atomic mass is 9.83. The number of carbonyl (C=O) groups is 1. The molecule has 1 saturated carbocycles. The maximum absolute atomic E-state index is 13.3. The average Bonchev–Trinajstić information content (AvgIpc) is 3.43. The minimum Gasteiger partial charge on any atom is -0.335 e. The van der Waals surface area contributed by atoms with Gasteiger partial charge in [0, 0.05) is 24.8 Å². The van der Waals surface area contributed by atoms with Crippen LogP contribution in [0.4, 0.5) is 14.9 Å². The third-order valence-electron chi connectivity index (χ3n) is 7.57. The van der Waals surface area contributed by atoms with Gasteiger partial charge in [-0.25, -0.2) is 18.9 Å². The predicted molar refractivity (Wildman–Crippen MR) is 139 cm³/mol. The Labute approximate surface area is 212 Å². The maximum atomic E-state index is 13.3. The third-order valence-corrected chi connectivity index (χ3v) is 7.57. The van der Waals surface area contributed by atoms with Crippen molar-refractivity contribution in [3.63, 3.8) is 0 Å². The zero-order valence-electron chi connectivity index (χ0n) is 20.7. The zero-order chi connectivity index (χ0) is 24.7. The molecule has 3 atom stereocenters. The highest BCUT2D eigenvalue weighted by molar-refractivity contribution is 5.89. The minimum atomic E-state index is -0.173. The summed E-state index contributed by atoms with van der Waals surface area (Å²) in [4.78, 5) is 19.4. The van der Waals surface area contributed by atoms with Gasteiger partial charge in [0.25, 0.3) is 0 Å². The predicted octanol–water partition coefficient (Wildman–Crippen LogP) is 5.04. The van der Waals surface area contributed by atoms with Gasteiger partial charge < -0.3 is 15.5 Å². The van der Waals surface area contributed by atoms with Crippen LogP contribution in [0.5, 0.6) is 0 Å². The summed E-state index contributed by atoms with van der Waals surface area (Å²) in [6, 6.07) is 14.6. The molecule has 1 aliphatic carbocycles. The van der Waals surface area contributed by atoms with E-state index in [1.54, 1.807) is 23.1 Å². The van der Waals surface area contributed by atoms with Crippen molar-refractivity contribution in [3.8, 4) is 5.69 Å². The van der Waals surface area contributed by atoms with Crippen molar-refractivity contribution < 1.29 is 9.18 Å². The van der Waals surface area contributed by atoms with Crippen LogP contribution in [-0.4, -0.2) is 51.4 Å². The van der Waals surface area contributed by atoms with Crippen molar-refractivity contribution in [2.75, 3.05) is 25.0 Å². The monoisotopic (exact) mass is 490 g/mol. The number of halogens is 1. The highest BCUT2D eigenvalue weighted by atomic mass is 19.1. The first-order valence-corrected chi connectivity index (χ1v) is 13.1. The number of nitrogens with one attached hydrogen (secondary N) is 2. The molecule has 0 radical (unpaired) electrons. The van der Waals surface area contributed by atoms with Gasteiger partial charge in [0.2, 0.25) is 0 Å². The van der Waals surface area contributed by atoms with Crippen LogP contribution in [0.15, 0.2) is 61.2 Å². The highest BCUT2D eigenvalue weighted by Crippen LogP contribution is 2.28. The molecule has 2 amide bonds. The molecule has 2 fully saturated rings. The molecular weight excluding hydrogens is 455 g/mol. The first-order valence-electron chi connectivity index (χ1n) is 13.1. The number of benzene rings is 2. The Bertz CT molecular complexity index is 1100. The summed E-state index contributed by atoms with van der Waals surface area (Å²) in [6.45, 7) is 3.22. The number of piperidine rings is 1. The Balaban J connectivity index is 1.13. The molecule has 0 spiro atoms. The van der Waals surface area contributed by atoms with Gasteiger partial charge in [-0.2, -0.15) is 5.10 Å². The number of carbonyl (C=O) groups excluding carboxylic acids is 1. The van der Waals surface area contributed by atoms with E-state index in [9.17, 15) is 9.18 Å². The number of amides is 2. The van der Waals surface area contributed by atoms with Crippen molar-refractivity contribution in [1.82, 2.24) is 25.0 Å². The van der Waals surface area contributed by atoms with Crippen molar-refractivity contribution >= 4 is 11.7 Å². The van der Waals surface area contributed by atoms with Gasteiger partial charge >= 0.3 is 6.03 Å². The normalized spacial score (nSPS) is 22.8. The van der Waals surface area contributed by atoms with Crippen molar-refractivity contribution in [2.45, 2.75) is 51.0 Å². The maximum Gasteiger partial charge on any atom is 0.319 e. The number of anilines is 1. The fourth-order valence-corrected chi connectivity index (χ4v) is 5.76. The van der Waals surface area contributed by atoms with E-state index in [0.717, 1.165) is 56.7 Å². The largest absolute Gasteiger partial charge is 0.335 e. The van der Waals surface area contributed by atoms with Crippen LogP contribution >= 0.6 is 0 Å². The number of hydrogen-bond acceptors (Lipinski definition) is 4.